The van der Waals surface area contributed by atoms with E-state index in [-0.39, 0.29) is 5.91 Å². The molecule has 1 saturated heterocycles. The Balaban J connectivity index is 1.38. The molecule has 1 aliphatic heterocycles. The summed E-state index contributed by atoms with van der Waals surface area (Å²) in [6.07, 6.45) is 8.60. The van der Waals surface area contributed by atoms with Crippen molar-refractivity contribution in [1.82, 2.24) is 34.3 Å². The number of thiazole rings is 1. The molecule has 4 heterocycles. The summed E-state index contributed by atoms with van der Waals surface area (Å²) in [4.78, 5) is 21.7. The maximum Gasteiger partial charge on any atom is 0.273 e. The van der Waals surface area contributed by atoms with E-state index < -0.39 is 0 Å². The number of aromatic nitrogens is 5. The monoisotopic (exact) mass is 385 g/mol. The highest BCUT2D eigenvalue weighted by Gasteiger charge is 2.23. The van der Waals surface area contributed by atoms with Gasteiger partial charge in [-0.15, -0.1) is 11.3 Å². The molecule has 4 rings (SSSR count). The molecule has 0 N–H and O–H groups in total. The van der Waals surface area contributed by atoms with E-state index in [0.29, 0.717) is 5.69 Å². The summed E-state index contributed by atoms with van der Waals surface area (Å²) >= 11 is 1.49. The second-order valence-corrected chi connectivity index (χ2v) is 7.74. The number of rotatable bonds is 4. The first-order valence-electron chi connectivity index (χ1n) is 9.02. The smallest absolute Gasteiger partial charge is 0.273 e. The lowest BCUT2D eigenvalue weighted by molar-refractivity contribution is 0.0756. The molecule has 0 bridgehead atoms. The Morgan fingerprint density at radius 2 is 1.89 bits per heavy atom. The molecule has 1 amide bonds. The fourth-order valence-electron chi connectivity index (χ4n) is 3.34. The molecule has 0 unspecified atom stereocenters. The second-order valence-electron chi connectivity index (χ2n) is 6.88. The van der Waals surface area contributed by atoms with Crippen LogP contribution in [0.5, 0.6) is 0 Å². The predicted molar refractivity (Wildman–Crippen MR) is 103 cm³/mol. The molecule has 0 atom stereocenters. The zero-order valence-electron chi connectivity index (χ0n) is 15.6. The Hall–Kier alpha value is -2.52. The van der Waals surface area contributed by atoms with Crippen LogP contribution in [0, 0.1) is 0 Å². The highest BCUT2D eigenvalue weighted by atomic mass is 32.1. The van der Waals surface area contributed by atoms with Gasteiger partial charge in [0.2, 0.25) is 0 Å². The second kappa shape index (κ2) is 7.61. The number of nitrogens with zero attached hydrogens (tertiary/aromatic N) is 7. The van der Waals surface area contributed by atoms with Crippen LogP contribution < -0.4 is 0 Å². The fraction of sp³-hybridized carbons (Fsp3) is 0.444. The van der Waals surface area contributed by atoms with E-state index in [2.05, 4.69) is 20.1 Å². The third-order valence-corrected chi connectivity index (χ3v) is 5.61. The topological polar surface area (TPSA) is 72.1 Å². The van der Waals surface area contributed by atoms with Crippen LogP contribution in [-0.2, 0) is 20.6 Å². The highest BCUT2D eigenvalue weighted by Crippen LogP contribution is 2.24. The molecular weight excluding hydrogens is 362 g/mol. The van der Waals surface area contributed by atoms with E-state index in [9.17, 15) is 4.79 Å². The summed E-state index contributed by atoms with van der Waals surface area (Å²) in [6, 6.07) is 0. The van der Waals surface area contributed by atoms with Gasteiger partial charge in [0.15, 0.2) is 0 Å². The molecule has 0 spiro atoms. The van der Waals surface area contributed by atoms with Gasteiger partial charge in [0.1, 0.15) is 10.7 Å². The summed E-state index contributed by atoms with van der Waals surface area (Å²) in [7, 11) is 3.80. The number of hydrogen-bond donors (Lipinski definition) is 0. The van der Waals surface area contributed by atoms with Gasteiger partial charge in [-0.1, -0.05) is 0 Å². The lowest BCUT2D eigenvalue weighted by Gasteiger charge is -2.21. The van der Waals surface area contributed by atoms with Crippen molar-refractivity contribution < 1.29 is 4.79 Å². The number of aryl methyl sites for hydroxylation is 2. The minimum Gasteiger partial charge on any atom is -0.336 e. The average Bonchev–Trinajstić information content (AvgIpc) is 3.34. The standard InChI is InChI=1S/C18H23N7OS/c1-22-10-14(8-19-22)11-24-4-3-5-25(7-6-24)18(26)16-13-27-17(21-16)15-9-20-23(2)12-15/h8-10,12-13H,3-7,11H2,1-2H3. The quantitative estimate of drug-likeness (QED) is 0.683. The van der Waals surface area contributed by atoms with Crippen molar-refractivity contribution in [3.05, 3.63) is 41.4 Å². The van der Waals surface area contributed by atoms with Crippen LogP contribution in [0.25, 0.3) is 10.6 Å². The van der Waals surface area contributed by atoms with Crippen molar-refractivity contribution in [3.63, 3.8) is 0 Å². The molecule has 1 fully saturated rings. The van der Waals surface area contributed by atoms with Crippen molar-refractivity contribution in [2.24, 2.45) is 14.1 Å². The first-order valence-corrected chi connectivity index (χ1v) is 9.90. The average molecular weight is 385 g/mol. The molecule has 3 aromatic rings. The molecule has 142 valence electrons. The van der Waals surface area contributed by atoms with Gasteiger partial charge < -0.3 is 4.90 Å². The Morgan fingerprint density at radius 3 is 2.63 bits per heavy atom. The van der Waals surface area contributed by atoms with E-state index >= 15 is 0 Å². The van der Waals surface area contributed by atoms with Crippen LogP contribution in [0.4, 0.5) is 0 Å². The minimum atomic E-state index is 0.0182. The van der Waals surface area contributed by atoms with Crippen LogP contribution in [0.1, 0.15) is 22.5 Å². The SMILES string of the molecule is Cn1cc(CN2CCCN(C(=O)c3csc(-c4cnn(C)c4)n3)CC2)cn1. The number of carbonyl (C=O) groups excluding carboxylic acids is 1. The summed E-state index contributed by atoms with van der Waals surface area (Å²) < 4.78 is 3.56. The summed E-state index contributed by atoms with van der Waals surface area (Å²) in [5.41, 5.74) is 2.68. The van der Waals surface area contributed by atoms with Gasteiger partial charge in [0.05, 0.1) is 12.4 Å². The summed E-state index contributed by atoms with van der Waals surface area (Å²) in [6.45, 7) is 4.20. The Labute approximate surface area is 162 Å². The number of carbonyl (C=O) groups is 1. The molecule has 27 heavy (non-hydrogen) atoms. The molecule has 8 nitrogen and oxygen atoms in total. The van der Waals surface area contributed by atoms with E-state index in [0.717, 1.165) is 49.7 Å². The van der Waals surface area contributed by atoms with Gasteiger partial charge in [-0.05, 0) is 6.42 Å². The number of hydrogen-bond acceptors (Lipinski definition) is 6. The largest absolute Gasteiger partial charge is 0.336 e. The van der Waals surface area contributed by atoms with Gasteiger partial charge in [-0.25, -0.2) is 4.98 Å². The lowest BCUT2D eigenvalue weighted by atomic mass is 10.3. The van der Waals surface area contributed by atoms with Crippen LogP contribution in [0.3, 0.4) is 0 Å². The van der Waals surface area contributed by atoms with E-state index in [1.54, 1.807) is 10.9 Å². The molecule has 3 aromatic heterocycles. The maximum atomic E-state index is 12.9. The van der Waals surface area contributed by atoms with Crippen LogP contribution in [0.15, 0.2) is 30.2 Å². The van der Waals surface area contributed by atoms with Gasteiger partial charge in [0.25, 0.3) is 5.91 Å². The van der Waals surface area contributed by atoms with Crippen LogP contribution >= 0.6 is 11.3 Å². The van der Waals surface area contributed by atoms with Crippen molar-refractivity contribution in [2.75, 3.05) is 26.2 Å². The summed E-state index contributed by atoms with van der Waals surface area (Å²) in [5, 5.41) is 11.1. The lowest BCUT2D eigenvalue weighted by Crippen LogP contribution is -2.35. The molecule has 0 aliphatic carbocycles. The third-order valence-electron chi connectivity index (χ3n) is 4.72. The zero-order chi connectivity index (χ0) is 18.8. The molecule has 0 saturated carbocycles. The van der Waals surface area contributed by atoms with Gasteiger partial charge >= 0.3 is 0 Å². The van der Waals surface area contributed by atoms with Gasteiger partial charge in [-0.3, -0.25) is 19.1 Å². The third kappa shape index (κ3) is 4.09. The van der Waals surface area contributed by atoms with Crippen LogP contribution in [-0.4, -0.2) is 66.4 Å². The van der Waals surface area contributed by atoms with Crippen molar-refractivity contribution in [1.29, 1.82) is 0 Å². The molecule has 0 aromatic carbocycles. The maximum absolute atomic E-state index is 12.9. The highest BCUT2D eigenvalue weighted by molar-refractivity contribution is 7.13. The van der Waals surface area contributed by atoms with E-state index in [1.807, 2.05) is 47.6 Å². The predicted octanol–water partition coefficient (Wildman–Crippen LogP) is 1.63. The molecule has 0 radical (unpaired) electrons. The summed E-state index contributed by atoms with van der Waals surface area (Å²) in [5.74, 6) is 0.0182. The first-order chi connectivity index (χ1) is 13.1. The fourth-order valence-corrected chi connectivity index (χ4v) is 4.11. The van der Waals surface area contributed by atoms with Gasteiger partial charge in [-0.2, -0.15) is 10.2 Å². The first kappa shape index (κ1) is 17.9. The van der Waals surface area contributed by atoms with E-state index in [4.69, 9.17) is 0 Å². The zero-order valence-corrected chi connectivity index (χ0v) is 16.4. The Bertz CT molecular complexity index is 928. The molecule has 9 heteroatoms. The van der Waals surface area contributed by atoms with Crippen molar-refractivity contribution in [2.45, 2.75) is 13.0 Å². The normalized spacial score (nSPS) is 15.9. The van der Waals surface area contributed by atoms with Crippen LogP contribution in [0.2, 0.25) is 0 Å². The van der Waals surface area contributed by atoms with Crippen molar-refractivity contribution in [3.8, 4) is 10.6 Å². The molecular formula is C18H23N7OS. The minimum absolute atomic E-state index is 0.0182. The molecule has 1 aliphatic rings. The van der Waals surface area contributed by atoms with Gasteiger partial charge in [0, 0.05) is 75.7 Å². The van der Waals surface area contributed by atoms with E-state index in [1.165, 1.54) is 16.9 Å². The number of amides is 1. The Morgan fingerprint density at radius 1 is 1.07 bits per heavy atom. The Kier molecular flexibility index (Phi) is 5.04. The van der Waals surface area contributed by atoms with Crippen molar-refractivity contribution >= 4 is 17.2 Å².